The number of cyclic esters (lactones) is 1. The van der Waals surface area contributed by atoms with Gasteiger partial charge in [0.25, 0.3) is 11.5 Å². The molecule has 1 aromatic carbocycles. The molecule has 10 nitrogen and oxygen atoms in total. The minimum Gasteiger partial charge on any atom is -0.458 e. The van der Waals surface area contributed by atoms with Crippen LogP contribution in [0.5, 0.6) is 0 Å². The van der Waals surface area contributed by atoms with Crippen molar-refractivity contribution in [2.75, 3.05) is 0 Å². The zero-order valence-corrected chi connectivity index (χ0v) is 20.9. The first-order valence-corrected chi connectivity index (χ1v) is 12.4. The summed E-state index contributed by atoms with van der Waals surface area (Å²) in [6.45, 7) is 5.56. The third kappa shape index (κ3) is 3.84. The molecule has 2 unspecified atom stereocenters. The van der Waals surface area contributed by atoms with E-state index in [1.54, 1.807) is 23.8 Å². The molecular weight excluding hydrogens is 474 g/mol. The number of para-hydroxylation sites is 1. The second-order valence-electron chi connectivity index (χ2n) is 9.62. The lowest BCUT2D eigenvalue weighted by atomic mass is 9.86. The van der Waals surface area contributed by atoms with Crippen molar-refractivity contribution in [2.45, 2.75) is 58.4 Å². The van der Waals surface area contributed by atoms with Crippen molar-refractivity contribution >= 4 is 29.0 Å². The van der Waals surface area contributed by atoms with Gasteiger partial charge in [-0.1, -0.05) is 45.4 Å². The molecule has 5 rings (SSSR count). The quantitative estimate of drug-likeness (QED) is 0.207. The Kier molecular flexibility index (Phi) is 6.17. The number of nitrogens with one attached hydrogen (secondary N) is 1. The van der Waals surface area contributed by atoms with Gasteiger partial charge in [0.05, 0.1) is 41.3 Å². The fraction of sp³-hybridized carbons (Fsp3) is 0.370. The van der Waals surface area contributed by atoms with Gasteiger partial charge in [-0.3, -0.25) is 9.59 Å². The van der Waals surface area contributed by atoms with E-state index >= 15 is 0 Å². The Morgan fingerprint density at radius 1 is 1.32 bits per heavy atom. The number of rotatable bonds is 6. The molecule has 3 atom stereocenters. The van der Waals surface area contributed by atoms with E-state index in [4.69, 9.17) is 15.5 Å². The van der Waals surface area contributed by atoms with Crippen LogP contribution in [0.2, 0.25) is 0 Å². The van der Waals surface area contributed by atoms with Gasteiger partial charge in [0.1, 0.15) is 6.61 Å². The predicted molar refractivity (Wildman–Crippen MR) is 138 cm³/mol. The van der Waals surface area contributed by atoms with Crippen LogP contribution in [-0.4, -0.2) is 38.8 Å². The molecule has 2 aliphatic heterocycles. The maximum atomic E-state index is 13.5. The molecule has 1 amide bonds. The van der Waals surface area contributed by atoms with Crippen molar-refractivity contribution in [1.82, 2.24) is 15.0 Å². The average molecular weight is 504 g/mol. The number of hydrazone groups is 1. The maximum absolute atomic E-state index is 13.5. The van der Waals surface area contributed by atoms with Gasteiger partial charge in [-0.2, -0.15) is 5.10 Å². The van der Waals surface area contributed by atoms with E-state index in [1.165, 1.54) is 0 Å². The molecule has 0 aliphatic carbocycles. The lowest BCUT2D eigenvalue weighted by molar-refractivity contribution is -0.172. The van der Waals surface area contributed by atoms with Crippen molar-refractivity contribution in [1.29, 1.82) is 0 Å². The van der Waals surface area contributed by atoms with Gasteiger partial charge < -0.3 is 20.1 Å². The van der Waals surface area contributed by atoms with E-state index in [9.17, 15) is 19.5 Å². The number of fused-ring (bicyclic) bond motifs is 5. The highest BCUT2D eigenvalue weighted by molar-refractivity contribution is 6.02. The maximum Gasteiger partial charge on any atom is 0.343 e. The van der Waals surface area contributed by atoms with Crippen LogP contribution in [0, 0.1) is 5.92 Å². The number of aromatic nitrogens is 2. The van der Waals surface area contributed by atoms with E-state index in [0.29, 0.717) is 22.5 Å². The number of nitrogens with two attached hydrogens (primary N) is 1. The van der Waals surface area contributed by atoms with Gasteiger partial charge in [0.2, 0.25) is 0 Å². The summed E-state index contributed by atoms with van der Waals surface area (Å²) in [5.41, 5.74) is 10.0. The average Bonchev–Trinajstić information content (AvgIpc) is 3.28. The summed E-state index contributed by atoms with van der Waals surface area (Å²) in [7, 11) is 0. The monoisotopic (exact) mass is 503 g/mol. The highest BCUT2D eigenvalue weighted by Gasteiger charge is 2.45. The highest BCUT2D eigenvalue weighted by atomic mass is 16.6. The Morgan fingerprint density at radius 2 is 2.08 bits per heavy atom. The first-order valence-electron chi connectivity index (χ1n) is 12.4. The topological polar surface area (TPSA) is 149 Å². The fourth-order valence-corrected chi connectivity index (χ4v) is 4.95. The number of pyridine rings is 2. The summed E-state index contributed by atoms with van der Waals surface area (Å²) in [5, 5.41) is 16.1. The Bertz CT molecular complexity index is 1530. The number of benzene rings is 1. The minimum atomic E-state index is -1.90. The first-order chi connectivity index (χ1) is 17.7. The fourth-order valence-electron chi connectivity index (χ4n) is 4.95. The van der Waals surface area contributed by atoms with E-state index in [1.807, 2.05) is 38.1 Å². The lowest BCUT2D eigenvalue weighted by Crippen LogP contribution is -2.44. The summed E-state index contributed by atoms with van der Waals surface area (Å²) < 4.78 is 6.71. The highest BCUT2D eigenvalue weighted by Crippen LogP contribution is 2.39. The molecule has 2 aliphatic rings. The number of carbonyl (C=O) groups is 2. The van der Waals surface area contributed by atoms with Gasteiger partial charge in [-0.25, -0.2) is 15.2 Å². The van der Waals surface area contributed by atoms with E-state index < -0.39 is 17.6 Å². The number of amides is 1. The van der Waals surface area contributed by atoms with Crippen LogP contribution in [0.4, 0.5) is 0 Å². The van der Waals surface area contributed by atoms with E-state index in [-0.39, 0.29) is 48.1 Å². The van der Waals surface area contributed by atoms with Crippen LogP contribution < -0.4 is 16.7 Å². The molecule has 0 spiro atoms. The Hall–Kier alpha value is -3.89. The number of aliphatic hydroxyl groups is 1. The SMILES string of the molecule is CCC(C)C(N)C(=O)N/N=C\c1c2c(nc3ccccc13)-c1cc3c(c(=O)n1C2)COC(=O)[C@]3(O)CC. The summed E-state index contributed by atoms with van der Waals surface area (Å²) in [5.74, 6) is -1.14. The third-order valence-corrected chi connectivity index (χ3v) is 7.57. The van der Waals surface area contributed by atoms with Crippen LogP contribution in [0.15, 0.2) is 40.2 Å². The molecule has 0 fully saturated rings. The molecule has 37 heavy (non-hydrogen) atoms. The number of carbonyl (C=O) groups excluding carboxylic acids is 2. The van der Waals surface area contributed by atoms with Gasteiger partial charge in [-0.15, -0.1) is 0 Å². The van der Waals surface area contributed by atoms with E-state index in [0.717, 1.165) is 17.4 Å². The third-order valence-electron chi connectivity index (χ3n) is 7.57. The molecule has 0 radical (unpaired) electrons. The number of esters is 1. The molecule has 3 aromatic rings. The zero-order chi connectivity index (χ0) is 26.5. The second-order valence-corrected chi connectivity index (χ2v) is 9.62. The van der Waals surface area contributed by atoms with Crippen molar-refractivity contribution < 1.29 is 19.4 Å². The molecule has 0 saturated carbocycles. The number of ether oxygens (including phenoxy) is 1. The van der Waals surface area contributed by atoms with Crippen LogP contribution in [0.3, 0.4) is 0 Å². The van der Waals surface area contributed by atoms with Crippen molar-refractivity contribution in [3.63, 3.8) is 0 Å². The van der Waals surface area contributed by atoms with Crippen LogP contribution in [-0.2, 0) is 33.1 Å². The smallest absolute Gasteiger partial charge is 0.343 e. The lowest BCUT2D eigenvalue weighted by Gasteiger charge is -2.31. The van der Waals surface area contributed by atoms with Gasteiger partial charge in [0.15, 0.2) is 5.60 Å². The van der Waals surface area contributed by atoms with E-state index in [2.05, 4.69) is 10.5 Å². The standard InChI is InChI=1S/C27H29N5O5/c1-4-14(3)22(28)24(33)31-29-11-16-15-8-6-7-9-20(15)30-23-17(16)12-32-21(23)10-19-18(25(32)34)13-37-26(35)27(19,36)5-2/h6-11,14,22,36H,4-5,12-13,28H2,1-3H3,(H,31,33)/b29-11-/t14?,22?,27-/m0/s1. The van der Waals surface area contributed by atoms with Crippen molar-refractivity contribution in [2.24, 2.45) is 16.8 Å². The van der Waals surface area contributed by atoms with Gasteiger partial charge in [0, 0.05) is 22.1 Å². The Morgan fingerprint density at radius 3 is 2.81 bits per heavy atom. The van der Waals surface area contributed by atoms with Crippen molar-refractivity contribution in [3.05, 3.63) is 62.9 Å². The zero-order valence-electron chi connectivity index (χ0n) is 20.9. The molecule has 4 N–H and O–H groups in total. The molecule has 192 valence electrons. The normalized spacial score (nSPS) is 19.8. The number of nitrogens with zero attached hydrogens (tertiary/aromatic N) is 3. The summed E-state index contributed by atoms with van der Waals surface area (Å²) in [6.07, 6.45) is 2.38. The van der Waals surface area contributed by atoms with Crippen LogP contribution in [0.1, 0.15) is 55.9 Å². The molecule has 10 heteroatoms. The molecule has 0 saturated heterocycles. The molecule has 2 aromatic heterocycles. The Labute approximate surface area is 213 Å². The van der Waals surface area contributed by atoms with Gasteiger partial charge in [-0.05, 0) is 24.5 Å². The van der Waals surface area contributed by atoms with Crippen LogP contribution >= 0.6 is 0 Å². The summed E-state index contributed by atoms with van der Waals surface area (Å²) >= 11 is 0. The van der Waals surface area contributed by atoms with Gasteiger partial charge >= 0.3 is 5.97 Å². The summed E-state index contributed by atoms with van der Waals surface area (Å²) in [4.78, 5) is 43.2. The Balaban J connectivity index is 1.63. The first kappa shape index (κ1) is 24.8. The second kappa shape index (κ2) is 9.20. The number of hydrogen-bond donors (Lipinski definition) is 3. The summed E-state index contributed by atoms with van der Waals surface area (Å²) in [6, 6.07) is 8.47. The molecule has 0 bridgehead atoms. The predicted octanol–water partition coefficient (Wildman–Crippen LogP) is 1.90. The molecular formula is C27H29N5O5. The minimum absolute atomic E-state index is 0.00577. The van der Waals surface area contributed by atoms with Crippen LogP contribution in [0.25, 0.3) is 22.3 Å². The molecule has 4 heterocycles. The number of hydrogen-bond acceptors (Lipinski definition) is 8. The van der Waals surface area contributed by atoms with Crippen molar-refractivity contribution in [3.8, 4) is 11.4 Å². The largest absolute Gasteiger partial charge is 0.458 e.